The van der Waals surface area contributed by atoms with Crippen LogP contribution < -0.4 is 14.5 Å². The quantitative estimate of drug-likeness (QED) is 0.604. The van der Waals surface area contributed by atoms with E-state index in [0.717, 1.165) is 11.3 Å². The lowest BCUT2D eigenvalue weighted by Gasteiger charge is -2.21. The van der Waals surface area contributed by atoms with E-state index in [1.165, 1.54) is 15.9 Å². The van der Waals surface area contributed by atoms with Crippen LogP contribution in [0.4, 0.5) is 25.4 Å². The predicted molar refractivity (Wildman–Crippen MR) is 127 cm³/mol. The Kier molecular flexibility index (Phi) is 6.82. The number of hydrogen-bond acceptors (Lipinski definition) is 6. The molecule has 1 atom stereocenters. The molecule has 2 aliphatic rings. The van der Waals surface area contributed by atoms with Crippen LogP contribution in [-0.4, -0.2) is 73.6 Å². The molecule has 2 aliphatic heterocycles. The third-order valence-electron chi connectivity index (χ3n) is 5.81. The fourth-order valence-corrected chi connectivity index (χ4v) is 4.06. The number of cyclic esters (lactones) is 1. The highest BCUT2D eigenvalue weighted by Gasteiger charge is 2.35. The van der Waals surface area contributed by atoms with E-state index >= 15 is 4.39 Å². The summed E-state index contributed by atoms with van der Waals surface area (Å²) in [4.78, 5) is 42.1. The summed E-state index contributed by atoms with van der Waals surface area (Å²) in [5.74, 6) is 0.0827. The van der Waals surface area contributed by atoms with Gasteiger partial charge in [-0.25, -0.2) is 9.18 Å². The number of nitrogens with zero attached hydrogens (tertiary/aromatic N) is 4. The maximum Gasteiger partial charge on any atom is 0.414 e. The Morgan fingerprint density at radius 2 is 1.97 bits per heavy atom. The number of hydrogen-bond donors (Lipinski definition) is 1. The Morgan fingerprint density at radius 3 is 2.62 bits per heavy atom. The number of methoxy groups -OCH3 is 1. The minimum absolute atomic E-state index is 0.0599. The molecular weight excluding hydrogens is 463 g/mol. The van der Waals surface area contributed by atoms with Crippen molar-refractivity contribution in [2.75, 3.05) is 50.3 Å². The minimum Gasteiger partial charge on any atom is -0.497 e. The number of carbonyl (C=O) groups excluding carboxylic acids is 3. The number of likely N-dealkylation sites (N-methyl/N-ethyl adjacent to an activating group) is 1. The summed E-state index contributed by atoms with van der Waals surface area (Å²) in [5.41, 5.74) is 1.56. The molecular formula is C23H25FN4O5S. The summed E-state index contributed by atoms with van der Waals surface area (Å²) >= 11 is 3.74. The van der Waals surface area contributed by atoms with Gasteiger partial charge in [0.1, 0.15) is 17.7 Å². The molecule has 0 bridgehead atoms. The second-order valence-electron chi connectivity index (χ2n) is 8.19. The second-order valence-corrected chi connectivity index (χ2v) is 8.58. The highest BCUT2D eigenvalue weighted by atomic mass is 32.1. The van der Waals surface area contributed by atoms with Gasteiger partial charge >= 0.3 is 6.09 Å². The molecule has 0 aromatic heterocycles. The van der Waals surface area contributed by atoms with Crippen molar-refractivity contribution >= 4 is 41.2 Å². The smallest absolute Gasteiger partial charge is 0.414 e. The molecule has 3 amide bonds. The topological polar surface area (TPSA) is 82.6 Å². The highest BCUT2D eigenvalue weighted by Crippen LogP contribution is 2.30. The maximum absolute atomic E-state index is 15.0. The number of thiol groups is 1. The van der Waals surface area contributed by atoms with Crippen LogP contribution in [0.1, 0.15) is 5.56 Å². The molecule has 0 spiro atoms. The van der Waals surface area contributed by atoms with Crippen molar-refractivity contribution in [2.24, 2.45) is 0 Å². The van der Waals surface area contributed by atoms with Crippen LogP contribution in [-0.2, 0) is 16.1 Å². The van der Waals surface area contributed by atoms with Gasteiger partial charge in [0, 0.05) is 13.6 Å². The van der Waals surface area contributed by atoms with Crippen molar-refractivity contribution in [2.45, 2.75) is 12.6 Å². The van der Waals surface area contributed by atoms with E-state index in [0.29, 0.717) is 12.2 Å². The molecule has 11 heteroatoms. The van der Waals surface area contributed by atoms with E-state index < -0.39 is 23.3 Å². The van der Waals surface area contributed by atoms with Gasteiger partial charge in [0.2, 0.25) is 5.91 Å². The molecule has 2 fully saturated rings. The Balaban J connectivity index is 1.41. The first-order chi connectivity index (χ1) is 16.2. The van der Waals surface area contributed by atoms with Crippen molar-refractivity contribution in [3.05, 3.63) is 53.8 Å². The van der Waals surface area contributed by atoms with Gasteiger partial charge in [-0.15, -0.1) is 0 Å². The zero-order chi connectivity index (χ0) is 24.4. The molecule has 0 N–H and O–H groups in total. The lowest BCUT2D eigenvalue weighted by molar-refractivity contribution is -0.127. The molecule has 2 saturated heterocycles. The van der Waals surface area contributed by atoms with Crippen LogP contribution in [0, 0.1) is 5.82 Å². The van der Waals surface area contributed by atoms with Crippen molar-refractivity contribution in [1.29, 1.82) is 0 Å². The predicted octanol–water partition coefficient (Wildman–Crippen LogP) is 2.95. The van der Waals surface area contributed by atoms with Crippen LogP contribution in [0.2, 0.25) is 0 Å². The summed E-state index contributed by atoms with van der Waals surface area (Å²) in [6.07, 6.45) is -1.15. The molecule has 0 aliphatic carbocycles. The first-order valence-corrected chi connectivity index (χ1v) is 11.1. The van der Waals surface area contributed by atoms with E-state index in [1.54, 1.807) is 36.1 Å². The molecule has 4 rings (SSSR count). The number of halogens is 1. The summed E-state index contributed by atoms with van der Waals surface area (Å²) in [5, 5.41) is -0.439. The number of carbonyl (C=O) groups is 3. The van der Waals surface area contributed by atoms with Crippen LogP contribution in [0.15, 0.2) is 42.5 Å². The number of benzene rings is 2. The van der Waals surface area contributed by atoms with Crippen LogP contribution in [0.25, 0.3) is 0 Å². The summed E-state index contributed by atoms with van der Waals surface area (Å²) in [7, 11) is 3.14. The Morgan fingerprint density at radius 1 is 1.24 bits per heavy atom. The second kappa shape index (κ2) is 9.80. The Bertz CT molecular complexity index is 1100. The van der Waals surface area contributed by atoms with Gasteiger partial charge in [-0.2, -0.15) is 0 Å². The molecule has 9 nitrogen and oxygen atoms in total. The molecule has 0 saturated carbocycles. The van der Waals surface area contributed by atoms with Crippen LogP contribution in [0.5, 0.6) is 5.75 Å². The standard InChI is InChI=1S/C23H25FN4O5S/c1-25(23(31)34)11-18-12-28(22(30)33-18)16-5-8-20(19(24)9-16)26-13-21(29)27(14-26)10-15-3-6-17(32-2)7-4-15/h3-9,18H,10-14H2,1-2H3,(H,31,34)/t18-/m1/s1. The van der Waals surface area contributed by atoms with Crippen molar-refractivity contribution in [3.63, 3.8) is 0 Å². The molecule has 2 aromatic carbocycles. The zero-order valence-electron chi connectivity index (χ0n) is 18.8. The first kappa shape index (κ1) is 23.7. The van der Waals surface area contributed by atoms with Crippen molar-refractivity contribution in [1.82, 2.24) is 9.80 Å². The lowest BCUT2D eigenvalue weighted by Crippen LogP contribution is -2.33. The fourth-order valence-electron chi connectivity index (χ4n) is 3.98. The van der Waals surface area contributed by atoms with Gasteiger partial charge in [-0.3, -0.25) is 14.5 Å². The summed E-state index contributed by atoms with van der Waals surface area (Å²) in [6, 6.07) is 11.9. The van der Waals surface area contributed by atoms with E-state index in [2.05, 4.69) is 12.6 Å². The Labute approximate surface area is 202 Å². The molecule has 2 aromatic rings. The number of amides is 3. The van der Waals surface area contributed by atoms with Gasteiger partial charge < -0.3 is 24.2 Å². The van der Waals surface area contributed by atoms with Crippen molar-refractivity contribution < 1.29 is 28.2 Å². The molecule has 0 unspecified atom stereocenters. The van der Waals surface area contributed by atoms with E-state index in [-0.39, 0.29) is 37.9 Å². The molecule has 180 valence electrons. The number of ether oxygens (including phenoxy) is 2. The maximum atomic E-state index is 15.0. The largest absolute Gasteiger partial charge is 0.497 e. The van der Waals surface area contributed by atoms with Crippen LogP contribution >= 0.6 is 12.6 Å². The monoisotopic (exact) mass is 488 g/mol. The average molecular weight is 489 g/mol. The normalized spacial score (nSPS) is 17.9. The first-order valence-electron chi connectivity index (χ1n) is 10.6. The van der Waals surface area contributed by atoms with Gasteiger partial charge in [-0.1, -0.05) is 24.8 Å². The number of anilines is 2. The van der Waals surface area contributed by atoms with Gasteiger partial charge in [0.25, 0.3) is 5.24 Å². The van der Waals surface area contributed by atoms with E-state index in [9.17, 15) is 14.4 Å². The van der Waals surface area contributed by atoms with Crippen molar-refractivity contribution in [3.8, 4) is 5.75 Å². The fraction of sp³-hybridized carbons (Fsp3) is 0.348. The molecule has 2 heterocycles. The third kappa shape index (κ3) is 5.04. The molecule has 0 radical (unpaired) electrons. The van der Waals surface area contributed by atoms with E-state index in [1.807, 2.05) is 24.3 Å². The minimum atomic E-state index is -0.612. The third-order valence-corrected chi connectivity index (χ3v) is 6.16. The lowest BCUT2D eigenvalue weighted by atomic mass is 10.2. The molecule has 34 heavy (non-hydrogen) atoms. The van der Waals surface area contributed by atoms with Gasteiger partial charge in [0.05, 0.1) is 44.8 Å². The summed E-state index contributed by atoms with van der Waals surface area (Å²) in [6.45, 7) is 1.08. The van der Waals surface area contributed by atoms with Gasteiger partial charge in [-0.05, 0) is 35.9 Å². The van der Waals surface area contributed by atoms with Gasteiger partial charge in [0.15, 0.2) is 0 Å². The highest BCUT2D eigenvalue weighted by molar-refractivity contribution is 7.96. The summed E-state index contributed by atoms with van der Waals surface area (Å²) < 4.78 is 25.5. The average Bonchev–Trinajstić information content (AvgIpc) is 3.35. The number of rotatable bonds is 7. The SMILES string of the molecule is COc1ccc(CN2CN(c3ccc(N4C[C@@H](CN(C)C(=O)S)OC4=O)cc3F)CC2=O)cc1. The van der Waals surface area contributed by atoms with E-state index in [4.69, 9.17) is 9.47 Å². The zero-order valence-corrected chi connectivity index (χ0v) is 19.7. The van der Waals surface area contributed by atoms with Crippen LogP contribution in [0.3, 0.4) is 0 Å². The Hall–Kier alpha value is -3.47.